The van der Waals surface area contributed by atoms with Crippen molar-refractivity contribution < 1.29 is 28.5 Å². The number of allylic oxidation sites excluding steroid dienone is 1. The van der Waals surface area contributed by atoms with E-state index in [2.05, 4.69) is 11.6 Å². The number of thiazole rings is 1. The standard InChI is InChI=1S/C29H28N2O7S/c1-6-14-37-21-11-8-19(9-12-21)15-24-27(33)31-26(20-10-13-22(38-18(4)32)23(16-20)35-5)25(28(34)36-7-2)17(3)30-29(31)39-24/h6,8-13,15-16,26H,1,7,14H2,2-5H3/b24-15+/t26-/m1/s1. The highest BCUT2D eigenvalue weighted by Crippen LogP contribution is 2.36. The van der Waals surface area contributed by atoms with Crippen LogP contribution in [0.5, 0.6) is 17.2 Å². The molecule has 202 valence electrons. The fraction of sp³-hybridized carbons (Fsp3) is 0.241. The van der Waals surface area contributed by atoms with Crippen molar-refractivity contribution in [2.24, 2.45) is 4.99 Å². The number of fused-ring (bicyclic) bond motifs is 1. The van der Waals surface area contributed by atoms with Crippen LogP contribution in [0.25, 0.3) is 6.08 Å². The molecule has 0 radical (unpaired) electrons. The number of benzene rings is 2. The molecule has 0 saturated carbocycles. The molecule has 3 aromatic rings. The summed E-state index contributed by atoms with van der Waals surface area (Å²) >= 11 is 1.22. The van der Waals surface area contributed by atoms with Crippen LogP contribution in [0.1, 0.15) is 37.9 Å². The molecule has 0 bridgehead atoms. The van der Waals surface area contributed by atoms with Crippen molar-refractivity contribution in [3.8, 4) is 17.2 Å². The predicted octanol–water partition coefficient (Wildman–Crippen LogP) is 3.30. The number of esters is 2. The van der Waals surface area contributed by atoms with Gasteiger partial charge in [-0.1, -0.05) is 42.2 Å². The third kappa shape index (κ3) is 5.85. The lowest BCUT2D eigenvalue weighted by Gasteiger charge is -2.25. The van der Waals surface area contributed by atoms with Crippen LogP contribution < -0.4 is 29.1 Å². The molecule has 1 aliphatic heterocycles. The normalized spacial score (nSPS) is 14.8. The van der Waals surface area contributed by atoms with Gasteiger partial charge in [0.15, 0.2) is 16.3 Å². The maximum absolute atomic E-state index is 13.8. The monoisotopic (exact) mass is 548 g/mol. The second-order valence-electron chi connectivity index (χ2n) is 8.47. The van der Waals surface area contributed by atoms with Gasteiger partial charge < -0.3 is 18.9 Å². The molecule has 0 spiro atoms. The van der Waals surface area contributed by atoms with Crippen LogP contribution in [-0.4, -0.2) is 36.8 Å². The first kappa shape index (κ1) is 27.6. The summed E-state index contributed by atoms with van der Waals surface area (Å²) in [5.74, 6) is 0.115. The molecule has 1 aromatic heterocycles. The Morgan fingerprint density at radius 1 is 1.15 bits per heavy atom. The van der Waals surface area contributed by atoms with Gasteiger partial charge in [-0.25, -0.2) is 9.79 Å². The highest BCUT2D eigenvalue weighted by atomic mass is 32.1. The molecule has 0 saturated heterocycles. The molecule has 1 atom stereocenters. The summed E-state index contributed by atoms with van der Waals surface area (Å²) in [6, 6.07) is 11.4. The Morgan fingerprint density at radius 2 is 1.90 bits per heavy atom. The van der Waals surface area contributed by atoms with E-state index in [-0.39, 0.29) is 29.2 Å². The van der Waals surface area contributed by atoms with Crippen LogP contribution >= 0.6 is 11.3 Å². The maximum atomic E-state index is 13.8. The molecule has 2 aromatic carbocycles. The Labute approximate surface area is 228 Å². The highest BCUT2D eigenvalue weighted by Gasteiger charge is 2.34. The van der Waals surface area contributed by atoms with Gasteiger partial charge in [0.25, 0.3) is 5.56 Å². The lowest BCUT2D eigenvalue weighted by molar-refractivity contribution is -0.139. The zero-order valence-corrected chi connectivity index (χ0v) is 22.9. The molecule has 1 aliphatic rings. The van der Waals surface area contributed by atoms with Crippen molar-refractivity contribution in [1.82, 2.24) is 4.57 Å². The summed E-state index contributed by atoms with van der Waals surface area (Å²) in [5.41, 5.74) is 1.74. The molecule has 2 heterocycles. The Morgan fingerprint density at radius 3 is 2.54 bits per heavy atom. The van der Waals surface area contributed by atoms with Gasteiger partial charge in [0, 0.05) is 6.92 Å². The largest absolute Gasteiger partial charge is 0.493 e. The number of aromatic nitrogens is 1. The predicted molar refractivity (Wildman–Crippen MR) is 147 cm³/mol. The summed E-state index contributed by atoms with van der Waals surface area (Å²) in [7, 11) is 1.44. The summed E-state index contributed by atoms with van der Waals surface area (Å²) in [6.07, 6.45) is 3.43. The number of methoxy groups -OCH3 is 1. The van der Waals surface area contributed by atoms with Crippen molar-refractivity contribution in [2.75, 3.05) is 20.3 Å². The Kier molecular flexibility index (Phi) is 8.46. The van der Waals surface area contributed by atoms with E-state index in [0.717, 1.165) is 5.56 Å². The van der Waals surface area contributed by atoms with Gasteiger partial charge in [-0.3, -0.25) is 14.2 Å². The first-order valence-electron chi connectivity index (χ1n) is 12.2. The molecule has 0 N–H and O–H groups in total. The minimum atomic E-state index is -0.836. The smallest absolute Gasteiger partial charge is 0.338 e. The van der Waals surface area contributed by atoms with E-state index in [4.69, 9.17) is 18.9 Å². The van der Waals surface area contributed by atoms with Crippen LogP contribution in [0.15, 0.2) is 76.2 Å². The third-order valence-electron chi connectivity index (χ3n) is 5.82. The number of hydrogen-bond acceptors (Lipinski definition) is 9. The summed E-state index contributed by atoms with van der Waals surface area (Å²) in [6.45, 7) is 8.91. The van der Waals surface area contributed by atoms with Crippen LogP contribution in [0.4, 0.5) is 0 Å². The lowest BCUT2D eigenvalue weighted by atomic mass is 9.95. The van der Waals surface area contributed by atoms with E-state index >= 15 is 0 Å². The molecular formula is C29H28N2O7S. The van der Waals surface area contributed by atoms with Gasteiger partial charge in [0.1, 0.15) is 12.4 Å². The third-order valence-corrected chi connectivity index (χ3v) is 6.80. The molecule has 0 fully saturated rings. The number of carbonyl (C=O) groups is 2. The summed E-state index contributed by atoms with van der Waals surface area (Å²) in [4.78, 5) is 43.4. The van der Waals surface area contributed by atoms with Crippen molar-refractivity contribution in [3.05, 3.63) is 97.2 Å². The van der Waals surface area contributed by atoms with E-state index < -0.39 is 18.0 Å². The molecule has 10 heteroatoms. The van der Waals surface area contributed by atoms with Crippen LogP contribution in [0.3, 0.4) is 0 Å². The van der Waals surface area contributed by atoms with Gasteiger partial charge >= 0.3 is 11.9 Å². The number of carbonyl (C=O) groups excluding carboxylic acids is 2. The van der Waals surface area contributed by atoms with Crippen molar-refractivity contribution in [2.45, 2.75) is 26.8 Å². The second kappa shape index (κ2) is 12.0. The van der Waals surface area contributed by atoms with Gasteiger partial charge in [-0.2, -0.15) is 0 Å². The minimum Gasteiger partial charge on any atom is -0.493 e. The van der Waals surface area contributed by atoms with E-state index in [1.807, 2.05) is 24.3 Å². The summed E-state index contributed by atoms with van der Waals surface area (Å²) < 4.78 is 23.5. The number of nitrogens with zero attached hydrogens (tertiary/aromatic N) is 2. The van der Waals surface area contributed by atoms with Crippen LogP contribution in [0, 0.1) is 0 Å². The fourth-order valence-electron chi connectivity index (χ4n) is 4.17. The quantitative estimate of drug-likeness (QED) is 0.230. The van der Waals surface area contributed by atoms with Crippen molar-refractivity contribution in [3.63, 3.8) is 0 Å². The number of ether oxygens (including phenoxy) is 4. The zero-order valence-electron chi connectivity index (χ0n) is 22.1. The second-order valence-corrected chi connectivity index (χ2v) is 9.48. The van der Waals surface area contributed by atoms with Gasteiger partial charge in [0.05, 0.1) is 35.6 Å². The van der Waals surface area contributed by atoms with Crippen molar-refractivity contribution >= 4 is 29.4 Å². The number of hydrogen-bond donors (Lipinski definition) is 0. The average molecular weight is 549 g/mol. The van der Waals surface area contributed by atoms with E-state index in [0.29, 0.717) is 33.0 Å². The summed E-state index contributed by atoms with van der Waals surface area (Å²) in [5, 5.41) is 0. The van der Waals surface area contributed by atoms with E-state index in [1.165, 1.54) is 29.9 Å². The lowest BCUT2D eigenvalue weighted by Crippen LogP contribution is -2.40. The zero-order chi connectivity index (χ0) is 28.1. The molecule has 0 amide bonds. The first-order chi connectivity index (χ1) is 18.8. The van der Waals surface area contributed by atoms with Gasteiger partial charge in [0.2, 0.25) is 0 Å². The average Bonchev–Trinajstić information content (AvgIpc) is 3.21. The minimum absolute atomic E-state index is 0.161. The topological polar surface area (TPSA) is 105 Å². The molecule has 0 unspecified atom stereocenters. The fourth-order valence-corrected chi connectivity index (χ4v) is 5.21. The highest BCUT2D eigenvalue weighted by molar-refractivity contribution is 7.07. The molecular weight excluding hydrogens is 520 g/mol. The van der Waals surface area contributed by atoms with E-state index in [9.17, 15) is 14.4 Å². The Bertz CT molecular complexity index is 1630. The molecule has 9 nitrogen and oxygen atoms in total. The molecule has 4 rings (SSSR count). The maximum Gasteiger partial charge on any atom is 0.338 e. The molecule has 39 heavy (non-hydrogen) atoms. The van der Waals surface area contributed by atoms with Gasteiger partial charge in [-0.05, 0) is 55.3 Å². The Hall–Kier alpha value is -4.44. The van der Waals surface area contributed by atoms with Gasteiger partial charge in [-0.15, -0.1) is 0 Å². The van der Waals surface area contributed by atoms with Crippen LogP contribution in [0.2, 0.25) is 0 Å². The first-order valence-corrected chi connectivity index (χ1v) is 13.0. The van der Waals surface area contributed by atoms with Crippen molar-refractivity contribution in [1.29, 1.82) is 0 Å². The SMILES string of the molecule is C=CCOc1ccc(/C=c2/sc3n(c2=O)[C@H](c2ccc(OC(C)=O)c(OC)c2)C(C(=O)OCC)=C(C)N=3)cc1. The van der Waals surface area contributed by atoms with E-state index in [1.54, 1.807) is 44.2 Å². The number of rotatable bonds is 9. The van der Waals surface area contributed by atoms with Crippen LogP contribution in [-0.2, 0) is 14.3 Å². The Balaban J connectivity index is 1.87. The molecule has 0 aliphatic carbocycles.